The first-order chi connectivity index (χ1) is 9.17. The molecule has 0 aliphatic heterocycles. The van der Waals surface area contributed by atoms with Gasteiger partial charge in [0.25, 0.3) is 0 Å². The quantitative estimate of drug-likeness (QED) is 0.835. The summed E-state index contributed by atoms with van der Waals surface area (Å²) in [5.74, 6) is 1.20. The van der Waals surface area contributed by atoms with Crippen molar-refractivity contribution in [2.75, 3.05) is 7.11 Å². The topological polar surface area (TPSA) is 45.9 Å². The van der Waals surface area contributed by atoms with Crippen molar-refractivity contribution >= 4 is 0 Å². The summed E-state index contributed by atoms with van der Waals surface area (Å²) in [7, 11) is 1.64. The number of nitriles is 1. The fourth-order valence-corrected chi connectivity index (χ4v) is 2.01. The monoisotopic (exact) mass is 252 g/mol. The maximum atomic E-state index is 9.19. The molecule has 0 fully saturated rings. The molecule has 0 saturated heterocycles. The molecule has 0 aliphatic rings. The standard InChI is InChI=1S/C16H16N2O/c1-11(2)12-4-5-16(19-3)15(8-12)14-6-7-18-10-13(14)9-17/h4-8,10-11H,1-3H3. The minimum absolute atomic E-state index is 0.428. The first kappa shape index (κ1) is 13.1. The summed E-state index contributed by atoms with van der Waals surface area (Å²) in [5, 5.41) is 9.19. The fraction of sp³-hybridized carbons (Fsp3) is 0.250. The van der Waals surface area contributed by atoms with Crippen LogP contribution in [0.1, 0.15) is 30.9 Å². The van der Waals surface area contributed by atoms with Gasteiger partial charge in [0.2, 0.25) is 0 Å². The molecule has 0 N–H and O–H groups in total. The number of hydrogen-bond donors (Lipinski definition) is 0. The number of methoxy groups -OCH3 is 1. The number of rotatable bonds is 3. The third-order valence-electron chi connectivity index (χ3n) is 3.12. The van der Waals surface area contributed by atoms with Crippen LogP contribution in [-0.4, -0.2) is 12.1 Å². The van der Waals surface area contributed by atoms with E-state index in [0.29, 0.717) is 11.5 Å². The third-order valence-corrected chi connectivity index (χ3v) is 3.12. The van der Waals surface area contributed by atoms with E-state index in [1.807, 2.05) is 12.1 Å². The molecule has 1 heterocycles. The summed E-state index contributed by atoms with van der Waals surface area (Å²) >= 11 is 0. The molecule has 0 spiro atoms. The Balaban J connectivity index is 2.66. The van der Waals surface area contributed by atoms with Gasteiger partial charge in [-0.2, -0.15) is 5.26 Å². The number of aromatic nitrogens is 1. The average Bonchev–Trinajstić information content (AvgIpc) is 2.46. The number of pyridine rings is 1. The zero-order valence-corrected chi connectivity index (χ0v) is 11.3. The zero-order chi connectivity index (χ0) is 13.8. The molecule has 3 heteroatoms. The van der Waals surface area contributed by atoms with E-state index < -0.39 is 0 Å². The second-order valence-corrected chi connectivity index (χ2v) is 4.65. The van der Waals surface area contributed by atoms with E-state index in [9.17, 15) is 5.26 Å². The van der Waals surface area contributed by atoms with Crippen molar-refractivity contribution in [1.82, 2.24) is 4.98 Å². The minimum atomic E-state index is 0.428. The molecule has 0 amide bonds. The van der Waals surface area contributed by atoms with Crippen LogP contribution in [-0.2, 0) is 0 Å². The molecular weight excluding hydrogens is 236 g/mol. The van der Waals surface area contributed by atoms with Crippen molar-refractivity contribution in [2.45, 2.75) is 19.8 Å². The van der Waals surface area contributed by atoms with Gasteiger partial charge in [0.15, 0.2) is 0 Å². The Morgan fingerprint density at radius 3 is 2.63 bits per heavy atom. The Morgan fingerprint density at radius 2 is 2.00 bits per heavy atom. The van der Waals surface area contributed by atoms with Crippen LogP contribution in [0.15, 0.2) is 36.7 Å². The van der Waals surface area contributed by atoms with E-state index in [1.165, 1.54) is 5.56 Å². The molecule has 2 rings (SSSR count). The average molecular weight is 252 g/mol. The lowest BCUT2D eigenvalue weighted by atomic mass is 9.95. The van der Waals surface area contributed by atoms with Crippen molar-refractivity contribution in [3.05, 3.63) is 47.8 Å². The van der Waals surface area contributed by atoms with Crippen LogP contribution in [0, 0.1) is 11.3 Å². The Kier molecular flexibility index (Phi) is 3.82. The summed E-state index contributed by atoms with van der Waals surface area (Å²) in [6.45, 7) is 4.28. The molecule has 0 radical (unpaired) electrons. The summed E-state index contributed by atoms with van der Waals surface area (Å²) in [4.78, 5) is 3.99. The van der Waals surface area contributed by atoms with Crippen molar-refractivity contribution in [3.8, 4) is 22.9 Å². The van der Waals surface area contributed by atoms with Crippen LogP contribution in [0.2, 0.25) is 0 Å². The molecule has 19 heavy (non-hydrogen) atoms. The van der Waals surface area contributed by atoms with Crippen LogP contribution in [0.25, 0.3) is 11.1 Å². The highest BCUT2D eigenvalue weighted by atomic mass is 16.5. The van der Waals surface area contributed by atoms with Gasteiger partial charge in [-0.3, -0.25) is 4.98 Å². The molecule has 96 valence electrons. The summed E-state index contributed by atoms with van der Waals surface area (Å²) < 4.78 is 5.40. The van der Waals surface area contributed by atoms with Crippen molar-refractivity contribution in [2.24, 2.45) is 0 Å². The summed E-state index contributed by atoms with van der Waals surface area (Å²) in [6, 6.07) is 10.1. The van der Waals surface area contributed by atoms with E-state index in [4.69, 9.17) is 4.74 Å². The fourth-order valence-electron chi connectivity index (χ4n) is 2.01. The molecule has 0 atom stereocenters. The van der Waals surface area contributed by atoms with Gasteiger partial charge in [-0.25, -0.2) is 0 Å². The summed E-state index contributed by atoms with van der Waals surface area (Å²) in [5.41, 5.74) is 3.57. The highest BCUT2D eigenvalue weighted by molar-refractivity contribution is 5.75. The van der Waals surface area contributed by atoms with Gasteiger partial charge in [0.1, 0.15) is 11.8 Å². The second-order valence-electron chi connectivity index (χ2n) is 4.65. The van der Waals surface area contributed by atoms with Gasteiger partial charge in [-0.15, -0.1) is 0 Å². The SMILES string of the molecule is COc1ccc(C(C)C)cc1-c1ccncc1C#N. The predicted octanol–water partition coefficient (Wildman–Crippen LogP) is 3.75. The summed E-state index contributed by atoms with van der Waals surface area (Å²) in [6.07, 6.45) is 3.27. The number of hydrogen-bond acceptors (Lipinski definition) is 3. The first-order valence-corrected chi connectivity index (χ1v) is 6.19. The van der Waals surface area contributed by atoms with Gasteiger partial charge < -0.3 is 4.74 Å². The van der Waals surface area contributed by atoms with Gasteiger partial charge in [0.05, 0.1) is 12.7 Å². The first-order valence-electron chi connectivity index (χ1n) is 6.19. The smallest absolute Gasteiger partial charge is 0.126 e. The zero-order valence-electron chi connectivity index (χ0n) is 11.3. The van der Waals surface area contributed by atoms with Crippen molar-refractivity contribution in [3.63, 3.8) is 0 Å². The molecule has 1 aromatic heterocycles. The lowest BCUT2D eigenvalue weighted by Crippen LogP contribution is -1.94. The number of nitrogens with zero attached hydrogens (tertiary/aromatic N) is 2. The van der Waals surface area contributed by atoms with Gasteiger partial charge in [0, 0.05) is 23.5 Å². The van der Waals surface area contributed by atoms with E-state index in [0.717, 1.165) is 16.9 Å². The molecule has 0 unspecified atom stereocenters. The van der Waals surface area contributed by atoms with Gasteiger partial charge in [-0.05, 0) is 29.7 Å². The molecule has 2 aromatic rings. The Morgan fingerprint density at radius 1 is 1.21 bits per heavy atom. The second kappa shape index (κ2) is 5.53. The molecule has 0 saturated carbocycles. The minimum Gasteiger partial charge on any atom is -0.496 e. The largest absolute Gasteiger partial charge is 0.496 e. The van der Waals surface area contributed by atoms with Gasteiger partial charge in [-0.1, -0.05) is 19.9 Å². The molecule has 1 aromatic carbocycles. The molecule has 0 aliphatic carbocycles. The predicted molar refractivity (Wildman–Crippen MR) is 75.0 cm³/mol. The van der Waals surface area contributed by atoms with Crippen LogP contribution in [0.4, 0.5) is 0 Å². The highest BCUT2D eigenvalue weighted by Gasteiger charge is 2.12. The lowest BCUT2D eigenvalue weighted by Gasteiger charge is -2.13. The van der Waals surface area contributed by atoms with Crippen LogP contribution >= 0.6 is 0 Å². The van der Waals surface area contributed by atoms with E-state index in [1.54, 1.807) is 19.5 Å². The van der Waals surface area contributed by atoms with Crippen LogP contribution in [0.3, 0.4) is 0 Å². The van der Waals surface area contributed by atoms with E-state index in [-0.39, 0.29) is 0 Å². The molecule has 0 bridgehead atoms. The Bertz CT molecular complexity index is 627. The Labute approximate surface area is 113 Å². The maximum Gasteiger partial charge on any atom is 0.126 e. The van der Waals surface area contributed by atoms with Gasteiger partial charge >= 0.3 is 0 Å². The highest BCUT2D eigenvalue weighted by Crippen LogP contribution is 2.34. The van der Waals surface area contributed by atoms with E-state index >= 15 is 0 Å². The normalized spacial score (nSPS) is 10.3. The van der Waals surface area contributed by atoms with Crippen LogP contribution < -0.4 is 4.74 Å². The molecule has 3 nitrogen and oxygen atoms in total. The molecular formula is C16H16N2O. The van der Waals surface area contributed by atoms with Crippen molar-refractivity contribution < 1.29 is 4.74 Å². The number of benzene rings is 1. The van der Waals surface area contributed by atoms with Crippen molar-refractivity contribution in [1.29, 1.82) is 5.26 Å². The lowest BCUT2D eigenvalue weighted by molar-refractivity contribution is 0.416. The van der Waals surface area contributed by atoms with E-state index in [2.05, 4.69) is 37.0 Å². The Hall–Kier alpha value is -2.34. The number of ether oxygens (including phenoxy) is 1. The van der Waals surface area contributed by atoms with Crippen LogP contribution in [0.5, 0.6) is 5.75 Å². The maximum absolute atomic E-state index is 9.19. The third kappa shape index (κ3) is 2.58.